The maximum atomic E-state index is 12.0. The summed E-state index contributed by atoms with van der Waals surface area (Å²) in [6.45, 7) is 0.589. The third-order valence-corrected chi connectivity index (χ3v) is 4.86. The van der Waals surface area contributed by atoms with Crippen LogP contribution in [0, 0.1) is 0 Å². The highest BCUT2D eigenvalue weighted by Crippen LogP contribution is 2.30. The molecule has 0 aliphatic rings. The molecule has 144 valence electrons. The van der Waals surface area contributed by atoms with E-state index >= 15 is 0 Å². The Bertz CT molecular complexity index is 1300. The molecule has 5 rings (SSSR count). The van der Waals surface area contributed by atoms with Gasteiger partial charge in [0.05, 0.1) is 11.2 Å². The Morgan fingerprint density at radius 3 is 2.93 bits per heavy atom. The molecule has 0 amide bonds. The maximum absolute atomic E-state index is 12.0. The van der Waals surface area contributed by atoms with Crippen molar-refractivity contribution in [3.63, 3.8) is 0 Å². The predicted octanol–water partition coefficient (Wildman–Crippen LogP) is 3.21. The summed E-state index contributed by atoms with van der Waals surface area (Å²) in [6.07, 6.45) is 6.06. The molecule has 0 unspecified atom stereocenters. The van der Waals surface area contributed by atoms with Crippen molar-refractivity contribution in [2.75, 3.05) is 5.73 Å². The number of aryl methyl sites for hydroxylation is 1. The number of aromatic amines is 1. The van der Waals surface area contributed by atoms with Gasteiger partial charge >= 0.3 is 0 Å². The standard InChI is InChI=1S/C20H17N7O2/c21-20-19-14(11-27(25-19)8-1-2-18(28)16-6-9-29-26-16)13-4-3-12(10-17(13)23-20)15-5-7-22-24-15/h3-7,9-11H,1-2,8H2,(H2,21,23)(H,22,24). The second-order valence-electron chi connectivity index (χ2n) is 6.77. The van der Waals surface area contributed by atoms with Crippen LogP contribution in [0.1, 0.15) is 23.3 Å². The van der Waals surface area contributed by atoms with Crippen molar-refractivity contribution in [3.8, 4) is 11.3 Å². The van der Waals surface area contributed by atoms with Gasteiger partial charge in [0.1, 0.15) is 17.5 Å². The number of hydrogen-bond donors (Lipinski definition) is 2. The monoisotopic (exact) mass is 387 g/mol. The van der Waals surface area contributed by atoms with Gasteiger partial charge in [0.25, 0.3) is 0 Å². The number of nitrogens with two attached hydrogens (primary N) is 1. The van der Waals surface area contributed by atoms with E-state index in [0.717, 1.165) is 27.5 Å². The molecular formula is C20H17N7O2. The Hall–Kier alpha value is -4.01. The van der Waals surface area contributed by atoms with Crippen molar-refractivity contribution >= 4 is 33.4 Å². The predicted molar refractivity (Wildman–Crippen MR) is 107 cm³/mol. The average molecular weight is 387 g/mol. The fourth-order valence-electron chi connectivity index (χ4n) is 3.43. The number of rotatable bonds is 6. The van der Waals surface area contributed by atoms with Gasteiger partial charge in [-0.15, -0.1) is 0 Å². The number of Topliss-reactive ketones (excluding diaryl/α,β-unsaturated/α-hetero) is 1. The molecule has 3 N–H and O–H groups in total. The van der Waals surface area contributed by atoms with Crippen LogP contribution in [0.5, 0.6) is 0 Å². The molecule has 29 heavy (non-hydrogen) atoms. The van der Waals surface area contributed by atoms with Crippen LogP contribution >= 0.6 is 0 Å². The number of carbonyl (C=O) groups excluding carboxylic acids is 1. The number of anilines is 1. The van der Waals surface area contributed by atoms with E-state index in [0.29, 0.717) is 36.4 Å². The second-order valence-corrected chi connectivity index (χ2v) is 6.77. The number of nitrogens with one attached hydrogen (secondary N) is 1. The summed E-state index contributed by atoms with van der Waals surface area (Å²) in [6, 6.07) is 9.48. The Morgan fingerprint density at radius 2 is 2.14 bits per heavy atom. The van der Waals surface area contributed by atoms with Crippen LogP contribution in [0.3, 0.4) is 0 Å². The van der Waals surface area contributed by atoms with Gasteiger partial charge in [-0.3, -0.25) is 14.6 Å². The molecular weight excluding hydrogens is 370 g/mol. The first-order valence-corrected chi connectivity index (χ1v) is 9.19. The lowest BCUT2D eigenvalue weighted by Gasteiger charge is -2.03. The highest BCUT2D eigenvalue weighted by molar-refractivity contribution is 6.08. The van der Waals surface area contributed by atoms with Crippen molar-refractivity contribution < 1.29 is 9.32 Å². The highest BCUT2D eigenvalue weighted by Gasteiger charge is 2.13. The quantitative estimate of drug-likeness (QED) is 0.428. The second kappa shape index (κ2) is 6.86. The van der Waals surface area contributed by atoms with E-state index in [1.807, 2.05) is 30.5 Å². The highest BCUT2D eigenvalue weighted by atomic mass is 16.5. The first-order valence-electron chi connectivity index (χ1n) is 9.19. The minimum absolute atomic E-state index is 0.0478. The van der Waals surface area contributed by atoms with Gasteiger partial charge in [-0.2, -0.15) is 10.2 Å². The van der Waals surface area contributed by atoms with Crippen molar-refractivity contribution in [2.45, 2.75) is 19.4 Å². The summed E-state index contributed by atoms with van der Waals surface area (Å²) in [5.74, 6) is 0.333. The molecule has 0 spiro atoms. The summed E-state index contributed by atoms with van der Waals surface area (Å²) in [4.78, 5) is 16.6. The van der Waals surface area contributed by atoms with Crippen molar-refractivity contribution in [2.24, 2.45) is 0 Å². The third-order valence-electron chi connectivity index (χ3n) is 4.86. The maximum Gasteiger partial charge on any atom is 0.184 e. The molecule has 0 aliphatic carbocycles. The average Bonchev–Trinajstić information content (AvgIpc) is 3.48. The molecule has 0 radical (unpaired) electrons. The summed E-state index contributed by atoms with van der Waals surface area (Å²) in [5, 5.41) is 17.1. The van der Waals surface area contributed by atoms with Gasteiger partial charge in [0, 0.05) is 47.8 Å². The lowest BCUT2D eigenvalue weighted by molar-refractivity contribution is 0.0969. The number of H-pyrrole nitrogens is 1. The molecule has 4 heterocycles. The number of hydrogen-bond acceptors (Lipinski definition) is 7. The lowest BCUT2D eigenvalue weighted by atomic mass is 10.1. The van der Waals surface area contributed by atoms with E-state index in [1.54, 1.807) is 16.9 Å². The Morgan fingerprint density at radius 1 is 1.21 bits per heavy atom. The normalized spacial score (nSPS) is 11.4. The van der Waals surface area contributed by atoms with Crippen LogP contribution in [0.25, 0.3) is 33.1 Å². The number of carbonyl (C=O) groups is 1. The van der Waals surface area contributed by atoms with E-state index in [2.05, 4.69) is 25.4 Å². The smallest absolute Gasteiger partial charge is 0.184 e. The fraction of sp³-hybridized carbons (Fsp3) is 0.150. The zero-order chi connectivity index (χ0) is 19.8. The number of pyridine rings is 1. The number of nitrogen functional groups attached to an aromatic ring is 1. The van der Waals surface area contributed by atoms with Crippen LogP contribution in [-0.4, -0.2) is 35.9 Å². The molecule has 9 nitrogen and oxygen atoms in total. The molecule has 0 atom stereocenters. The van der Waals surface area contributed by atoms with Gasteiger partial charge in [-0.1, -0.05) is 17.3 Å². The minimum atomic E-state index is -0.0478. The summed E-state index contributed by atoms with van der Waals surface area (Å²) in [5.41, 5.74) is 9.87. The van der Waals surface area contributed by atoms with E-state index in [9.17, 15) is 4.79 Å². The SMILES string of the molecule is Nc1nc2cc(-c3ccn[nH]3)ccc2c2cn(CCCC(=O)c3ccon3)nc12. The molecule has 0 fully saturated rings. The molecule has 4 aromatic heterocycles. The van der Waals surface area contributed by atoms with Gasteiger partial charge in [0.15, 0.2) is 11.6 Å². The first kappa shape index (κ1) is 17.1. The molecule has 9 heteroatoms. The first-order chi connectivity index (χ1) is 14.2. The Labute approximate surface area is 164 Å². The van der Waals surface area contributed by atoms with Crippen molar-refractivity contribution in [3.05, 3.63) is 54.7 Å². The summed E-state index contributed by atoms with van der Waals surface area (Å²) >= 11 is 0. The molecule has 0 saturated heterocycles. The minimum Gasteiger partial charge on any atom is -0.382 e. The molecule has 1 aromatic carbocycles. The molecule has 0 aliphatic heterocycles. The Kier molecular flexibility index (Phi) is 4.05. The lowest BCUT2D eigenvalue weighted by Crippen LogP contribution is -2.04. The van der Waals surface area contributed by atoms with E-state index in [1.165, 1.54) is 6.26 Å². The van der Waals surface area contributed by atoms with Crippen LogP contribution < -0.4 is 5.73 Å². The van der Waals surface area contributed by atoms with Crippen LogP contribution in [-0.2, 0) is 6.54 Å². The molecule has 5 aromatic rings. The van der Waals surface area contributed by atoms with E-state index in [4.69, 9.17) is 10.3 Å². The van der Waals surface area contributed by atoms with Crippen LogP contribution in [0.4, 0.5) is 5.82 Å². The molecule has 0 saturated carbocycles. The van der Waals surface area contributed by atoms with Gasteiger partial charge in [-0.25, -0.2) is 4.98 Å². The van der Waals surface area contributed by atoms with Crippen molar-refractivity contribution in [1.29, 1.82) is 0 Å². The van der Waals surface area contributed by atoms with Gasteiger partial charge in [0.2, 0.25) is 0 Å². The zero-order valence-electron chi connectivity index (χ0n) is 15.4. The summed E-state index contributed by atoms with van der Waals surface area (Å²) in [7, 11) is 0. The Balaban J connectivity index is 1.42. The van der Waals surface area contributed by atoms with E-state index in [-0.39, 0.29) is 5.78 Å². The van der Waals surface area contributed by atoms with Gasteiger partial charge in [-0.05, 0) is 18.6 Å². The summed E-state index contributed by atoms with van der Waals surface area (Å²) < 4.78 is 6.52. The fourth-order valence-corrected chi connectivity index (χ4v) is 3.43. The molecule has 0 bridgehead atoms. The topological polar surface area (TPSA) is 129 Å². The van der Waals surface area contributed by atoms with E-state index < -0.39 is 0 Å². The zero-order valence-corrected chi connectivity index (χ0v) is 15.4. The van der Waals surface area contributed by atoms with Crippen LogP contribution in [0.2, 0.25) is 0 Å². The largest absolute Gasteiger partial charge is 0.382 e. The number of nitrogens with zero attached hydrogens (tertiary/aromatic N) is 5. The number of benzene rings is 1. The number of fused-ring (bicyclic) bond motifs is 3. The van der Waals surface area contributed by atoms with Crippen LogP contribution in [0.15, 0.2) is 53.5 Å². The van der Waals surface area contributed by atoms with Crippen molar-refractivity contribution in [1.82, 2.24) is 30.1 Å². The third kappa shape index (κ3) is 3.12. The number of aromatic nitrogens is 6. The van der Waals surface area contributed by atoms with Gasteiger partial charge < -0.3 is 10.3 Å². The number of ketones is 1.